The molecule has 3 nitrogen and oxygen atoms in total. The number of rotatable bonds is 8. The maximum atomic E-state index is 11.9. The van der Waals surface area contributed by atoms with Gasteiger partial charge in [0, 0.05) is 17.9 Å². The Morgan fingerprint density at radius 1 is 1.47 bits per heavy atom. The molecule has 1 N–H and O–H groups in total. The highest BCUT2D eigenvalue weighted by Crippen LogP contribution is 2.11. The molecule has 0 radical (unpaired) electrons. The largest absolute Gasteiger partial charge is 0.375 e. The topological polar surface area (TPSA) is 38.3 Å². The van der Waals surface area contributed by atoms with E-state index in [1.807, 2.05) is 37.4 Å². The zero-order chi connectivity index (χ0) is 14.1. The minimum absolute atomic E-state index is 0.0538. The van der Waals surface area contributed by atoms with Gasteiger partial charge in [-0.05, 0) is 30.9 Å². The Bertz CT molecular complexity index is 432. The number of benzene rings is 1. The predicted molar refractivity (Wildman–Crippen MR) is 81.6 cm³/mol. The van der Waals surface area contributed by atoms with Crippen LogP contribution in [0.1, 0.15) is 22.8 Å². The van der Waals surface area contributed by atoms with E-state index in [-0.39, 0.29) is 5.91 Å². The highest BCUT2D eigenvalue weighted by atomic mass is 32.2. The standard InChI is InChI=1S/C15H21NO2S/c1-12(2)10-18-8-7-16-15(17)14-6-4-5-13(9-14)11-19-3/h4-6,9H,1,7-8,10-11H2,2-3H3,(H,16,17). The van der Waals surface area contributed by atoms with Crippen LogP contribution in [0.2, 0.25) is 0 Å². The van der Waals surface area contributed by atoms with E-state index in [9.17, 15) is 4.79 Å². The molecule has 19 heavy (non-hydrogen) atoms. The smallest absolute Gasteiger partial charge is 0.251 e. The van der Waals surface area contributed by atoms with Gasteiger partial charge in [0.15, 0.2) is 0 Å². The third-order valence-corrected chi connectivity index (χ3v) is 3.00. The summed E-state index contributed by atoms with van der Waals surface area (Å²) < 4.78 is 5.33. The van der Waals surface area contributed by atoms with Gasteiger partial charge in [0.1, 0.15) is 0 Å². The van der Waals surface area contributed by atoms with Gasteiger partial charge in [-0.15, -0.1) is 0 Å². The first-order valence-electron chi connectivity index (χ1n) is 6.21. The van der Waals surface area contributed by atoms with Gasteiger partial charge in [-0.1, -0.05) is 24.3 Å². The van der Waals surface area contributed by atoms with Gasteiger partial charge in [0.05, 0.1) is 13.2 Å². The van der Waals surface area contributed by atoms with Gasteiger partial charge in [-0.2, -0.15) is 11.8 Å². The summed E-state index contributed by atoms with van der Waals surface area (Å²) in [5.41, 5.74) is 2.85. The number of thioether (sulfide) groups is 1. The van der Waals surface area contributed by atoms with Crippen LogP contribution in [0.5, 0.6) is 0 Å². The molecule has 4 heteroatoms. The summed E-state index contributed by atoms with van der Waals surface area (Å²) in [4.78, 5) is 11.9. The molecule has 0 unspecified atom stereocenters. The zero-order valence-electron chi connectivity index (χ0n) is 11.6. The van der Waals surface area contributed by atoms with Crippen molar-refractivity contribution in [1.29, 1.82) is 0 Å². The first-order valence-corrected chi connectivity index (χ1v) is 7.61. The molecule has 104 valence electrons. The van der Waals surface area contributed by atoms with Gasteiger partial charge in [0.2, 0.25) is 0 Å². The second kappa shape index (κ2) is 8.77. The number of carbonyl (C=O) groups is 1. The summed E-state index contributed by atoms with van der Waals surface area (Å²) in [6.07, 6.45) is 2.05. The van der Waals surface area contributed by atoms with E-state index in [2.05, 4.69) is 11.9 Å². The molecule has 0 atom stereocenters. The molecule has 1 aromatic carbocycles. The van der Waals surface area contributed by atoms with Crippen molar-refractivity contribution in [3.63, 3.8) is 0 Å². The van der Waals surface area contributed by atoms with Gasteiger partial charge < -0.3 is 10.1 Å². The van der Waals surface area contributed by atoms with Crippen LogP contribution in [-0.4, -0.2) is 31.9 Å². The fraction of sp³-hybridized carbons (Fsp3) is 0.400. The second-order valence-electron chi connectivity index (χ2n) is 4.40. The Balaban J connectivity index is 2.36. The fourth-order valence-corrected chi connectivity index (χ4v) is 2.07. The van der Waals surface area contributed by atoms with Gasteiger partial charge >= 0.3 is 0 Å². The van der Waals surface area contributed by atoms with Crippen molar-refractivity contribution in [3.05, 3.63) is 47.5 Å². The van der Waals surface area contributed by atoms with Crippen molar-refractivity contribution in [2.75, 3.05) is 26.0 Å². The summed E-state index contributed by atoms with van der Waals surface area (Å²) in [5, 5.41) is 2.84. The molecule has 0 aromatic heterocycles. The average molecular weight is 279 g/mol. The molecule has 0 bridgehead atoms. The molecule has 0 spiro atoms. The Labute approximate surface area is 119 Å². The molecule has 1 amide bonds. The summed E-state index contributed by atoms with van der Waals surface area (Å²) in [5.74, 6) is 0.866. The molecule has 0 saturated carbocycles. The minimum atomic E-state index is -0.0538. The lowest BCUT2D eigenvalue weighted by molar-refractivity contribution is 0.0926. The maximum Gasteiger partial charge on any atom is 0.251 e. The number of carbonyl (C=O) groups excluding carboxylic acids is 1. The van der Waals surface area contributed by atoms with E-state index in [1.54, 1.807) is 11.8 Å². The van der Waals surface area contributed by atoms with Crippen molar-refractivity contribution in [2.24, 2.45) is 0 Å². The molecule has 0 saturated heterocycles. The maximum absolute atomic E-state index is 11.9. The molecule has 0 aliphatic heterocycles. The van der Waals surface area contributed by atoms with E-state index < -0.39 is 0 Å². The van der Waals surface area contributed by atoms with E-state index >= 15 is 0 Å². The summed E-state index contributed by atoms with van der Waals surface area (Å²) >= 11 is 1.74. The fourth-order valence-electron chi connectivity index (χ4n) is 1.55. The summed E-state index contributed by atoms with van der Waals surface area (Å²) in [6.45, 7) is 7.22. The van der Waals surface area contributed by atoms with E-state index in [0.717, 1.165) is 11.3 Å². The Hall–Kier alpha value is -1.26. The van der Waals surface area contributed by atoms with Crippen LogP contribution < -0.4 is 5.32 Å². The minimum Gasteiger partial charge on any atom is -0.375 e. The number of hydrogen-bond acceptors (Lipinski definition) is 3. The van der Waals surface area contributed by atoms with Gasteiger partial charge in [0.25, 0.3) is 5.91 Å². The van der Waals surface area contributed by atoms with Gasteiger partial charge in [-0.25, -0.2) is 0 Å². The van der Waals surface area contributed by atoms with Crippen LogP contribution in [0, 0.1) is 0 Å². The lowest BCUT2D eigenvalue weighted by Gasteiger charge is -2.07. The van der Waals surface area contributed by atoms with Crippen molar-refractivity contribution < 1.29 is 9.53 Å². The third-order valence-electron chi connectivity index (χ3n) is 2.38. The Morgan fingerprint density at radius 3 is 2.95 bits per heavy atom. The van der Waals surface area contributed by atoms with Crippen LogP contribution in [0.4, 0.5) is 0 Å². The monoisotopic (exact) mass is 279 g/mol. The van der Waals surface area contributed by atoms with Gasteiger partial charge in [-0.3, -0.25) is 4.79 Å². The zero-order valence-corrected chi connectivity index (χ0v) is 12.4. The first kappa shape index (κ1) is 15.8. The highest BCUT2D eigenvalue weighted by molar-refractivity contribution is 7.97. The Kier molecular flexibility index (Phi) is 7.30. The molecular formula is C15H21NO2S. The SMILES string of the molecule is C=C(C)COCCNC(=O)c1cccc(CSC)c1. The van der Waals surface area contributed by atoms with E-state index in [4.69, 9.17) is 4.74 Å². The number of ether oxygens (including phenoxy) is 1. The van der Waals surface area contributed by atoms with E-state index in [1.165, 1.54) is 5.56 Å². The van der Waals surface area contributed by atoms with Crippen LogP contribution >= 0.6 is 11.8 Å². The Morgan fingerprint density at radius 2 is 2.26 bits per heavy atom. The van der Waals surface area contributed by atoms with Crippen molar-refractivity contribution in [3.8, 4) is 0 Å². The molecular weight excluding hydrogens is 258 g/mol. The lowest BCUT2D eigenvalue weighted by Crippen LogP contribution is -2.27. The van der Waals surface area contributed by atoms with Crippen molar-refractivity contribution in [1.82, 2.24) is 5.32 Å². The second-order valence-corrected chi connectivity index (χ2v) is 5.27. The normalized spacial score (nSPS) is 10.2. The number of nitrogens with one attached hydrogen (secondary N) is 1. The molecule has 0 aliphatic rings. The van der Waals surface area contributed by atoms with Crippen molar-refractivity contribution >= 4 is 17.7 Å². The highest BCUT2D eigenvalue weighted by Gasteiger charge is 2.05. The van der Waals surface area contributed by atoms with E-state index in [0.29, 0.717) is 25.3 Å². The van der Waals surface area contributed by atoms with Crippen LogP contribution in [0.3, 0.4) is 0 Å². The summed E-state index contributed by atoms with van der Waals surface area (Å²) in [7, 11) is 0. The molecule has 0 heterocycles. The number of hydrogen-bond donors (Lipinski definition) is 1. The van der Waals surface area contributed by atoms with Crippen molar-refractivity contribution in [2.45, 2.75) is 12.7 Å². The average Bonchev–Trinajstić information content (AvgIpc) is 2.38. The predicted octanol–water partition coefficient (Wildman–Crippen LogP) is 2.87. The van der Waals surface area contributed by atoms with Crippen LogP contribution in [-0.2, 0) is 10.5 Å². The molecule has 1 aromatic rings. The quantitative estimate of drug-likeness (QED) is 0.587. The lowest BCUT2D eigenvalue weighted by atomic mass is 10.1. The third kappa shape index (κ3) is 6.45. The van der Waals surface area contributed by atoms with Crippen LogP contribution in [0.15, 0.2) is 36.4 Å². The molecule has 0 fully saturated rings. The summed E-state index contributed by atoms with van der Waals surface area (Å²) in [6, 6.07) is 7.70. The first-order chi connectivity index (χ1) is 9.13. The number of amides is 1. The molecule has 0 aliphatic carbocycles. The molecule has 1 rings (SSSR count). The van der Waals surface area contributed by atoms with Crippen LogP contribution in [0.25, 0.3) is 0 Å².